The molecule has 1 heterocycles. The summed E-state index contributed by atoms with van der Waals surface area (Å²) in [4.78, 5) is 41.3. The standard InChI is InChI=1S/C39H63NO9/c1-23(2)24(3)35(5)16-17-37(7)26-12-13-29-36(6)21-47-22-39(29,27(26)14-15-38(37,8)32(35)34(43)44)18-28(48-25(4)41)33(36)49-30(42)19-40(9)20-31(45-10)46-11/h14,23-24,26,28-29,31-33H,12-13,15-22H2,1-11H3,(H,43,44)/t24-,26+,28-,29+,32-,33+,35-,36-,37-,38+,39+/m1/s1. The molecule has 49 heavy (non-hydrogen) atoms. The third-order valence-corrected chi connectivity index (χ3v) is 15.0. The number of rotatable bonds is 11. The summed E-state index contributed by atoms with van der Waals surface area (Å²) in [5.74, 6) is -0.946. The molecule has 5 rings (SSSR count). The minimum absolute atomic E-state index is 0.0303. The number of fused-ring (bicyclic) bond motifs is 3. The number of ether oxygens (including phenoxy) is 5. The molecular formula is C39H63NO9. The van der Waals surface area contributed by atoms with Crippen LogP contribution in [0.2, 0.25) is 0 Å². The number of hydrogen-bond acceptors (Lipinski definition) is 9. The minimum Gasteiger partial charge on any atom is -0.481 e. The molecule has 11 atom stereocenters. The highest BCUT2D eigenvalue weighted by atomic mass is 16.7. The second-order valence-corrected chi connectivity index (χ2v) is 17.7. The summed E-state index contributed by atoms with van der Waals surface area (Å²) in [5.41, 5.74) is -0.588. The Morgan fingerprint density at radius 1 is 1.00 bits per heavy atom. The summed E-state index contributed by atoms with van der Waals surface area (Å²) < 4.78 is 29.5. The molecule has 10 nitrogen and oxygen atoms in total. The highest BCUT2D eigenvalue weighted by Gasteiger charge is 2.72. The Morgan fingerprint density at radius 3 is 2.27 bits per heavy atom. The molecule has 0 aromatic rings. The second kappa shape index (κ2) is 13.5. The zero-order chi connectivity index (χ0) is 36.3. The largest absolute Gasteiger partial charge is 0.481 e. The van der Waals surface area contributed by atoms with E-state index in [2.05, 4.69) is 54.5 Å². The van der Waals surface area contributed by atoms with Gasteiger partial charge in [-0.15, -0.1) is 0 Å². The van der Waals surface area contributed by atoms with Crippen molar-refractivity contribution in [2.45, 2.75) is 112 Å². The van der Waals surface area contributed by atoms with Gasteiger partial charge in [0.25, 0.3) is 0 Å². The van der Waals surface area contributed by atoms with Gasteiger partial charge in [0.15, 0.2) is 6.29 Å². The van der Waals surface area contributed by atoms with E-state index in [0.29, 0.717) is 38.5 Å². The van der Waals surface area contributed by atoms with Crippen molar-refractivity contribution in [2.75, 3.05) is 47.6 Å². The van der Waals surface area contributed by atoms with Crippen molar-refractivity contribution in [3.63, 3.8) is 0 Å². The average Bonchev–Trinajstić information content (AvgIpc) is 3.01. The molecule has 278 valence electrons. The van der Waals surface area contributed by atoms with Gasteiger partial charge in [-0.25, -0.2) is 0 Å². The SMILES string of the molecule is COC(CN(C)CC(=O)O[C@H]1[C@H](OC(C)=O)C[C@@]23COC[C@]1(C)[C@@H]2CC[C@H]1C3=CC[C@@]2(C)[C@H](C(=O)O)[C@@](C)([C@H](C)C(C)C)CC[C@]12C)OC. The molecule has 1 saturated heterocycles. The van der Waals surface area contributed by atoms with Crippen LogP contribution in [0.1, 0.15) is 93.9 Å². The van der Waals surface area contributed by atoms with E-state index in [1.807, 2.05) is 7.05 Å². The summed E-state index contributed by atoms with van der Waals surface area (Å²) in [6.45, 7) is 18.4. The highest BCUT2D eigenvalue weighted by Crippen LogP contribution is 2.75. The van der Waals surface area contributed by atoms with Crippen molar-refractivity contribution >= 4 is 17.9 Å². The van der Waals surface area contributed by atoms with E-state index in [0.717, 1.165) is 25.7 Å². The molecule has 10 heteroatoms. The summed E-state index contributed by atoms with van der Waals surface area (Å²) in [7, 11) is 4.93. The third-order valence-electron chi connectivity index (χ3n) is 15.0. The van der Waals surface area contributed by atoms with E-state index in [1.165, 1.54) is 12.5 Å². The normalized spacial score (nSPS) is 42.1. The molecule has 1 N–H and O–H groups in total. The first kappa shape index (κ1) is 38.2. The zero-order valence-corrected chi connectivity index (χ0v) is 31.9. The van der Waals surface area contributed by atoms with Gasteiger partial charge in [-0.3, -0.25) is 19.3 Å². The number of allylic oxidation sites excluding steroid dienone is 1. The number of carboxylic acids is 1. The van der Waals surface area contributed by atoms with Gasteiger partial charge in [0.1, 0.15) is 12.2 Å². The Balaban J connectivity index is 1.51. The number of methoxy groups -OCH3 is 2. The number of carboxylic acid groups (broad SMARTS) is 1. The molecule has 0 radical (unpaired) electrons. The lowest BCUT2D eigenvalue weighted by Gasteiger charge is -2.71. The third kappa shape index (κ3) is 5.98. The Hall–Kier alpha value is -2.01. The first-order valence-corrected chi connectivity index (χ1v) is 18.5. The number of aliphatic carboxylic acids is 1. The summed E-state index contributed by atoms with van der Waals surface area (Å²) in [6.07, 6.45) is 5.51. The number of nitrogens with zero attached hydrogens (tertiary/aromatic N) is 1. The average molecular weight is 690 g/mol. The van der Waals surface area contributed by atoms with Crippen LogP contribution in [-0.4, -0.2) is 94.0 Å². The Kier molecular flexibility index (Phi) is 10.5. The van der Waals surface area contributed by atoms with Gasteiger partial charge in [0, 0.05) is 38.5 Å². The first-order valence-electron chi connectivity index (χ1n) is 18.5. The van der Waals surface area contributed by atoms with Gasteiger partial charge < -0.3 is 28.8 Å². The number of carbonyl (C=O) groups is 3. The summed E-state index contributed by atoms with van der Waals surface area (Å²) >= 11 is 0. The van der Waals surface area contributed by atoms with E-state index in [-0.39, 0.29) is 35.1 Å². The maximum absolute atomic E-state index is 13.5. The van der Waals surface area contributed by atoms with Crippen LogP contribution in [0.3, 0.4) is 0 Å². The summed E-state index contributed by atoms with van der Waals surface area (Å²) in [6, 6.07) is 0. The summed E-state index contributed by atoms with van der Waals surface area (Å²) in [5, 5.41) is 11.0. The Bertz CT molecular complexity index is 1310. The number of likely N-dealkylation sites (N-methyl/N-ethyl adjacent to an activating group) is 1. The van der Waals surface area contributed by atoms with E-state index in [4.69, 9.17) is 23.7 Å². The van der Waals surface area contributed by atoms with Crippen molar-refractivity contribution in [3.05, 3.63) is 11.6 Å². The zero-order valence-electron chi connectivity index (χ0n) is 31.9. The number of carbonyl (C=O) groups excluding carboxylic acids is 2. The molecule has 5 aliphatic rings. The van der Waals surface area contributed by atoms with Crippen LogP contribution in [-0.2, 0) is 38.1 Å². The molecular weight excluding hydrogens is 626 g/mol. The molecule has 1 aliphatic heterocycles. The van der Waals surface area contributed by atoms with E-state index in [9.17, 15) is 19.5 Å². The topological polar surface area (TPSA) is 121 Å². The quantitative estimate of drug-likeness (QED) is 0.158. The van der Waals surface area contributed by atoms with Crippen LogP contribution in [0, 0.1) is 56.7 Å². The van der Waals surface area contributed by atoms with Crippen LogP contribution in [0.5, 0.6) is 0 Å². The Morgan fingerprint density at radius 2 is 1.67 bits per heavy atom. The molecule has 3 saturated carbocycles. The molecule has 0 amide bonds. The molecule has 0 spiro atoms. The lowest BCUT2D eigenvalue weighted by atomic mass is 9.34. The fourth-order valence-electron chi connectivity index (χ4n) is 12.1. The van der Waals surface area contributed by atoms with E-state index < -0.39 is 58.6 Å². The predicted molar refractivity (Wildman–Crippen MR) is 184 cm³/mol. The van der Waals surface area contributed by atoms with Gasteiger partial charge in [0.2, 0.25) is 0 Å². The molecule has 0 aromatic carbocycles. The molecule has 4 fully saturated rings. The van der Waals surface area contributed by atoms with Crippen molar-refractivity contribution < 1.29 is 43.2 Å². The highest BCUT2D eigenvalue weighted by molar-refractivity contribution is 5.73. The van der Waals surface area contributed by atoms with Crippen LogP contribution in [0.4, 0.5) is 0 Å². The molecule has 2 bridgehead atoms. The van der Waals surface area contributed by atoms with Gasteiger partial charge in [-0.1, -0.05) is 60.1 Å². The van der Waals surface area contributed by atoms with Crippen LogP contribution in [0.15, 0.2) is 11.6 Å². The van der Waals surface area contributed by atoms with Crippen molar-refractivity contribution in [1.82, 2.24) is 4.90 Å². The minimum atomic E-state index is -0.677. The van der Waals surface area contributed by atoms with Crippen LogP contribution in [0.25, 0.3) is 0 Å². The molecule has 4 aliphatic carbocycles. The second-order valence-electron chi connectivity index (χ2n) is 17.7. The van der Waals surface area contributed by atoms with Gasteiger partial charge in [0.05, 0.1) is 25.7 Å². The predicted octanol–water partition coefficient (Wildman–Crippen LogP) is 5.97. The van der Waals surface area contributed by atoms with E-state index >= 15 is 0 Å². The van der Waals surface area contributed by atoms with Crippen LogP contribution < -0.4 is 0 Å². The number of esters is 2. The lowest BCUT2D eigenvalue weighted by Crippen LogP contribution is -2.70. The monoisotopic (exact) mass is 689 g/mol. The lowest BCUT2D eigenvalue weighted by molar-refractivity contribution is -0.263. The first-order chi connectivity index (χ1) is 22.8. The maximum atomic E-state index is 13.5. The fourth-order valence-corrected chi connectivity index (χ4v) is 12.1. The molecule has 0 aromatic heterocycles. The van der Waals surface area contributed by atoms with Gasteiger partial charge >= 0.3 is 17.9 Å². The van der Waals surface area contributed by atoms with Crippen molar-refractivity contribution in [1.29, 1.82) is 0 Å². The maximum Gasteiger partial charge on any atom is 0.320 e. The van der Waals surface area contributed by atoms with Crippen molar-refractivity contribution in [2.24, 2.45) is 56.7 Å². The van der Waals surface area contributed by atoms with Gasteiger partial charge in [-0.2, -0.15) is 0 Å². The Labute approximate surface area is 293 Å². The van der Waals surface area contributed by atoms with Crippen molar-refractivity contribution in [3.8, 4) is 0 Å². The van der Waals surface area contributed by atoms with Crippen LogP contribution >= 0.6 is 0 Å². The van der Waals surface area contributed by atoms with Gasteiger partial charge in [-0.05, 0) is 85.5 Å². The number of hydrogen-bond donors (Lipinski definition) is 1. The fraction of sp³-hybridized carbons (Fsp3) is 0.872. The smallest absolute Gasteiger partial charge is 0.320 e. The molecule has 0 unspecified atom stereocenters. The van der Waals surface area contributed by atoms with E-state index in [1.54, 1.807) is 19.1 Å².